The Morgan fingerprint density at radius 1 is 1.12 bits per heavy atom. The number of rotatable bonds is 9. The van der Waals surface area contributed by atoms with Crippen molar-refractivity contribution in [2.24, 2.45) is 0 Å². The van der Waals surface area contributed by atoms with Crippen molar-refractivity contribution in [1.29, 1.82) is 0 Å². The van der Waals surface area contributed by atoms with Crippen LogP contribution >= 0.6 is 11.6 Å². The van der Waals surface area contributed by atoms with E-state index in [4.69, 9.17) is 11.6 Å². The molecule has 2 amide bonds. The highest BCUT2D eigenvalue weighted by atomic mass is 35.5. The average molecular weight is 485 g/mol. The molecule has 2 aromatic rings. The molecule has 0 heterocycles. The van der Waals surface area contributed by atoms with E-state index in [9.17, 15) is 22.4 Å². The van der Waals surface area contributed by atoms with E-state index in [-0.39, 0.29) is 12.2 Å². The molecule has 0 bridgehead atoms. The Morgan fingerprint density at radius 2 is 1.75 bits per heavy atom. The summed E-state index contributed by atoms with van der Waals surface area (Å²) in [7, 11) is 0.0103. The summed E-state index contributed by atoms with van der Waals surface area (Å²) in [4.78, 5) is 26.9. The van der Waals surface area contributed by atoms with Gasteiger partial charge in [0.15, 0.2) is 0 Å². The molecule has 0 aliphatic heterocycles. The van der Waals surface area contributed by atoms with Gasteiger partial charge in [-0.25, -0.2) is 8.70 Å². The van der Waals surface area contributed by atoms with E-state index in [1.165, 1.54) is 38.2 Å². The van der Waals surface area contributed by atoms with Crippen molar-refractivity contribution in [3.8, 4) is 0 Å². The summed E-state index contributed by atoms with van der Waals surface area (Å²) in [5, 5.41) is 2.96. The molecule has 1 N–H and O–H groups in total. The highest BCUT2D eigenvalue weighted by Crippen LogP contribution is 2.21. The molecule has 1 atom stereocenters. The number of anilines is 1. The van der Waals surface area contributed by atoms with Crippen molar-refractivity contribution in [3.05, 3.63) is 64.9 Å². The zero-order chi connectivity index (χ0) is 24.1. The Morgan fingerprint density at radius 3 is 2.28 bits per heavy atom. The first-order valence-corrected chi connectivity index (χ1v) is 11.5. The van der Waals surface area contributed by atoms with Gasteiger partial charge in [0.05, 0.1) is 5.69 Å². The van der Waals surface area contributed by atoms with Crippen molar-refractivity contribution in [2.75, 3.05) is 32.0 Å². The van der Waals surface area contributed by atoms with Crippen LogP contribution in [0.3, 0.4) is 0 Å². The van der Waals surface area contributed by atoms with Gasteiger partial charge in [-0.15, -0.1) is 0 Å². The number of hydrogen-bond donors (Lipinski definition) is 1. The van der Waals surface area contributed by atoms with Crippen molar-refractivity contribution in [2.45, 2.75) is 19.5 Å². The lowest BCUT2D eigenvalue weighted by Gasteiger charge is -2.32. The molecule has 2 aromatic carbocycles. The van der Waals surface area contributed by atoms with Crippen molar-refractivity contribution in [3.63, 3.8) is 0 Å². The van der Waals surface area contributed by atoms with Crippen LogP contribution < -0.4 is 9.62 Å². The first-order chi connectivity index (χ1) is 15.0. The first-order valence-electron chi connectivity index (χ1n) is 9.68. The van der Waals surface area contributed by atoms with E-state index in [0.29, 0.717) is 10.6 Å². The lowest BCUT2D eigenvalue weighted by atomic mass is 10.1. The first kappa shape index (κ1) is 25.6. The van der Waals surface area contributed by atoms with Gasteiger partial charge >= 0.3 is 10.2 Å². The third-order valence-electron chi connectivity index (χ3n) is 4.79. The van der Waals surface area contributed by atoms with Gasteiger partial charge in [-0.3, -0.25) is 9.59 Å². The van der Waals surface area contributed by atoms with Crippen LogP contribution in [0.2, 0.25) is 5.02 Å². The second-order valence-corrected chi connectivity index (χ2v) is 9.72. The zero-order valence-corrected chi connectivity index (χ0v) is 19.8. The molecule has 0 aromatic heterocycles. The highest BCUT2D eigenvalue weighted by molar-refractivity contribution is 7.90. The van der Waals surface area contributed by atoms with Crippen LogP contribution in [0.1, 0.15) is 12.5 Å². The largest absolute Gasteiger partial charge is 0.357 e. The fraction of sp³-hybridized carbons (Fsp3) is 0.333. The Balaban J connectivity index is 2.44. The Labute approximate surface area is 192 Å². The minimum absolute atomic E-state index is 0.0350. The third-order valence-corrected chi connectivity index (χ3v) is 6.84. The molecule has 0 saturated heterocycles. The van der Waals surface area contributed by atoms with Crippen LogP contribution in [0.5, 0.6) is 0 Å². The van der Waals surface area contributed by atoms with Crippen LogP contribution in [0.15, 0.2) is 48.5 Å². The van der Waals surface area contributed by atoms with E-state index < -0.39 is 40.4 Å². The monoisotopic (exact) mass is 484 g/mol. The standard InChI is InChI=1S/C21H26ClFN4O4S/c1-15(21(29)24-2)26(13-16-6-5-7-17(22)12-16)20(28)14-27(32(30,31)25(3)4)19-10-8-18(23)9-11-19/h5-12,15H,13-14H2,1-4H3,(H,24,29)/t15-/m1/s1. The van der Waals surface area contributed by atoms with Gasteiger partial charge in [0.2, 0.25) is 11.8 Å². The van der Waals surface area contributed by atoms with Crippen LogP contribution in [0.4, 0.5) is 10.1 Å². The smallest absolute Gasteiger partial charge is 0.304 e. The number of nitrogens with one attached hydrogen (secondary N) is 1. The molecule has 0 spiro atoms. The van der Waals surface area contributed by atoms with Gasteiger partial charge in [-0.05, 0) is 48.9 Å². The molecule has 2 rings (SSSR count). The third kappa shape index (κ3) is 6.18. The van der Waals surface area contributed by atoms with Crippen molar-refractivity contribution >= 4 is 39.3 Å². The maximum atomic E-state index is 13.4. The van der Waals surface area contributed by atoms with Crippen LogP contribution in [0, 0.1) is 5.82 Å². The van der Waals surface area contributed by atoms with E-state index in [1.54, 1.807) is 31.2 Å². The van der Waals surface area contributed by atoms with Gasteiger partial charge in [-0.1, -0.05) is 23.7 Å². The number of amides is 2. The molecule has 32 heavy (non-hydrogen) atoms. The highest BCUT2D eigenvalue weighted by Gasteiger charge is 2.32. The summed E-state index contributed by atoms with van der Waals surface area (Å²) in [5.41, 5.74) is 0.786. The molecular formula is C21H26ClFN4O4S. The molecular weight excluding hydrogens is 459 g/mol. The normalized spacial score (nSPS) is 12.3. The molecule has 0 unspecified atom stereocenters. The van der Waals surface area contributed by atoms with E-state index in [1.807, 2.05) is 0 Å². The number of likely N-dealkylation sites (N-methyl/N-ethyl adjacent to an activating group) is 1. The summed E-state index contributed by atoms with van der Waals surface area (Å²) >= 11 is 6.04. The summed E-state index contributed by atoms with van der Waals surface area (Å²) in [5.74, 6) is -1.57. The van der Waals surface area contributed by atoms with Gasteiger partial charge < -0.3 is 10.2 Å². The number of hydrogen-bond acceptors (Lipinski definition) is 4. The maximum absolute atomic E-state index is 13.4. The second-order valence-electron chi connectivity index (χ2n) is 7.22. The molecule has 11 heteroatoms. The lowest BCUT2D eigenvalue weighted by Crippen LogP contribution is -2.52. The summed E-state index contributed by atoms with van der Waals surface area (Å²) < 4.78 is 41.1. The lowest BCUT2D eigenvalue weighted by molar-refractivity contribution is -0.139. The van der Waals surface area contributed by atoms with Crippen LogP contribution in [0.25, 0.3) is 0 Å². The molecule has 8 nitrogen and oxygen atoms in total. The minimum atomic E-state index is -4.09. The average Bonchev–Trinajstić information content (AvgIpc) is 2.75. The summed E-state index contributed by atoms with van der Waals surface area (Å²) in [6.07, 6.45) is 0. The van der Waals surface area contributed by atoms with Crippen LogP contribution in [-0.4, -0.2) is 63.2 Å². The predicted molar refractivity (Wildman–Crippen MR) is 122 cm³/mol. The molecule has 0 fully saturated rings. The van der Waals surface area contributed by atoms with E-state index in [0.717, 1.165) is 20.7 Å². The van der Waals surface area contributed by atoms with Crippen LogP contribution in [-0.2, 0) is 26.3 Å². The fourth-order valence-corrected chi connectivity index (χ4v) is 4.22. The molecule has 0 radical (unpaired) electrons. The van der Waals surface area contributed by atoms with Crippen molar-refractivity contribution < 1.29 is 22.4 Å². The molecule has 174 valence electrons. The number of halogens is 2. The summed E-state index contributed by atoms with van der Waals surface area (Å²) in [6.45, 7) is 0.991. The number of nitrogens with zero attached hydrogens (tertiary/aromatic N) is 3. The Hall–Kier alpha value is -2.69. The fourth-order valence-electron chi connectivity index (χ4n) is 2.95. The van der Waals surface area contributed by atoms with Crippen molar-refractivity contribution in [1.82, 2.24) is 14.5 Å². The van der Waals surface area contributed by atoms with Gasteiger partial charge in [0.25, 0.3) is 0 Å². The Kier molecular flexibility index (Phi) is 8.59. The van der Waals surface area contributed by atoms with Gasteiger partial charge in [-0.2, -0.15) is 12.7 Å². The van der Waals surface area contributed by atoms with Gasteiger partial charge in [0.1, 0.15) is 18.4 Å². The topological polar surface area (TPSA) is 90.0 Å². The van der Waals surface area contributed by atoms with Gasteiger partial charge in [0, 0.05) is 32.7 Å². The summed E-state index contributed by atoms with van der Waals surface area (Å²) in [6, 6.07) is 10.7. The van der Waals surface area contributed by atoms with E-state index >= 15 is 0 Å². The molecule has 0 saturated carbocycles. The molecule has 0 aliphatic carbocycles. The predicted octanol–water partition coefficient (Wildman–Crippen LogP) is 2.26. The van der Waals surface area contributed by atoms with E-state index in [2.05, 4.69) is 5.32 Å². The quantitative estimate of drug-likeness (QED) is 0.591. The maximum Gasteiger partial charge on any atom is 0.304 e. The number of carbonyl (C=O) groups excluding carboxylic acids is 2. The number of carbonyl (C=O) groups is 2. The second kappa shape index (κ2) is 10.8. The Bertz CT molecular complexity index is 1060. The minimum Gasteiger partial charge on any atom is -0.357 e. The SMILES string of the molecule is CNC(=O)[C@@H](C)N(Cc1cccc(Cl)c1)C(=O)CN(c1ccc(F)cc1)S(=O)(=O)N(C)C. The number of benzene rings is 2. The zero-order valence-electron chi connectivity index (χ0n) is 18.2. The molecule has 0 aliphatic rings.